The molecular formula is C13H11F2N3S. The minimum absolute atomic E-state index is 0.113. The Morgan fingerprint density at radius 2 is 1.95 bits per heavy atom. The zero-order valence-electron chi connectivity index (χ0n) is 10.1. The highest BCUT2D eigenvalue weighted by Gasteiger charge is 2.11. The third-order valence-electron chi connectivity index (χ3n) is 2.40. The average molecular weight is 279 g/mol. The lowest BCUT2D eigenvalue weighted by molar-refractivity contribution is 0.506. The van der Waals surface area contributed by atoms with Gasteiger partial charge in [-0.05, 0) is 37.3 Å². The highest BCUT2D eigenvalue weighted by molar-refractivity contribution is 7.99. The van der Waals surface area contributed by atoms with Gasteiger partial charge in [0.1, 0.15) is 10.9 Å². The molecule has 0 saturated heterocycles. The summed E-state index contributed by atoms with van der Waals surface area (Å²) in [5, 5.41) is 7.98. The Kier molecular flexibility index (Phi) is 3.80. The molecule has 1 heterocycles. The minimum atomic E-state index is -0.915. The van der Waals surface area contributed by atoms with Crippen molar-refractivity contribution in [2.45, 2.75) is 16.8 Å². The summed E-state index contributed by atoms with van der Waals surface area (Å²) in [6.45, 7) is 1.80. The molecule has 0 aliphatic heterocycles. The van der Waals surface area contributed by atoms with Gasteiger partial charge in [-0.1, -0.05) is 11.8 Å². The second-order valence-electron chi connectivity index (χ2n) is 3.90. The first-order chi connectivity index (χ1) is 8.97. The molecule has 0 aliphatic carbocycles. The number of nitrogens with zero attached hydrogens (tertiary/aromatic N) is 1. The van der Waals surface area contributed by atoms with Crippen molar-refractivity contribution in [2.24, 2.45) is 5.73 Å². The Morgan fingerprint density at radius 1 is 1.21 bits per heavy atom. The molecule has 1 aromatic carbocycles. The molecule has 0 saturated carbocycles. The van der Waals surface area contributed by atoms with Crippen molar-refractivity contribution in [2.75, 3.05) is 0 Å². The molecule has 2 rings (SSSR count). The van der Waals surface area contributed by atoms with Crippen LogP contribution < -0.4 is 5.73 Å². The number of nitrogens with one attached hydrogen (secondary N) is 1. The molecule has 2 aromatic rings. The van der Waals surface area contributed by atoms with Crippen LogP contribution in [0.4, 0.5) is 8.78 Å². The van der Waals surface area contributed by atoms with Crippen molar-refractivity contribution in [3.63, 3.8) is 0 Å². The molecule has 3 nitrogen and oxygen atoms in total. The molecule has 0 radical (unpaired) electrons. The van der Waals surface area contributed by atoms with Crippen molar-refractivity contribution < 1.29 is 8.78 Å². The van der Waals surface area contributed by atoms with E-state index in [1.807, 2.05) is 0 Å². The predicted molar refractivity (Wildman–Crippen MR) is 70.5 cm³/mol. The van der Waals surface area contributed by atoms with Crippen LogP contribution in [0.25, 0.3) is 0 Å². The van der Waals surface area contributed by atoms with E-state index < -0.39 is 11.6 Å². The first-order valence-electron chi connectivity index (χ1n) is 5.42. The fraction of sp³-hybridized carbons (Fsp3) is 0.0769. The van der Waals surface area contributed by atoms with Gasteiger partial charge in [0.05, 0.1) is 0 Å². The van der Waals surface area contributed by atoms with Crippen molar-refractivity contribution in [3.8, 4) is 0 Å². The van der Waals surface area contributed by atoms with Crippen LogP contribution >= 0.6 is 11.8 Å². The zero-order chi connectivity index (χ0) is 14.0. The molecule has 3 N–H and O–H groups in total. The number of rotatable bonds is 3. The molecule has 19 heavy (non-hydrogen) atoms. The molecule has 0 aliphatic rings. The summed E-state index contributed by atoms with van der Waals surface area (Å²) in [5.74, 6) is -1.92. The van der Waals surface area contributed by atoms with Gasteiger partial charge in [-0.25, -0.2) is 13.8 Å². The number of amidine groups is 1. The lowest BCUT2D eigenvalue weighted by Gasteiger charge is -2.08. The van der Waals surface area contributed by atoms with Gasteiger partial charge in [0.15, 0.2) is 11.6 Å². The van der Waals surface area contributed by atoms with E-state index in [1.54, 1.807) is 19.1 Å². The standard InChI is InChI=1S/C13H11F2N3S/c1-7-2-4-9(12(16)17)13(18-7)19-8-3-5-10(14)11(15)6-8/h2-6H,1H3,(H3,16,17). The largest absolute Gasteiger partial charge is 0.384 e. The van der Waals surface area contributed by atoms with E-state index in [9.17, 15) is 8.78 Å². The quantitative estimate of drug-likeness (QED) is 0.670. The highest BCUT2D eigenvalue weighted by atomic mass is 32.2. The molecule has 0 amide bonds. The lowest BCUT2D eigenvalue weighted by atomic mass is 10.2. The molecule has 98 valence electrons. The van der Waals surface area contributed by atoms with Crippen LogP contribution in [-0.4, -0.2) is 10.8 Å². The number of hydrogen-bond acceptors (Lipinski definition) is 3. The third-order valence-corrected chi connectivity index (χ3v) is 3.39. The van der Waals surface area contributed by atoms with E-state index in [1.165, 1.54) is 6.07 Å². The van der Waals surface area contributed by atoms with Crippen LogP contribution in [0.2, 0.25) is 0 Å². The van der Waals surface area contributed by atoms with Crippen LogP contribution in [0.1, 0.15) is 11.3 Å². The summed E-state index contributed by atoms with van der Waals surface area (Å²) < 4.78 is 26.0. The Bertz CT molecular complexity index is 644. The molecule has 6 heteroatoms. The number of pyridine rings is 1. The Labute approximate surface area is 113 Å². The summed E-state index contributed by atoms with van der Waals surface area (Å²) in [6.07, 6.45) is 0. The zero-order valence-corrected chi connectivity index (χ0v) is 10.9. The van der Waals surface area contributed by atoms with Crippen molar-refractivity contribution in [3.05, 3.63) is 53.2 Å². The molecule has 0 unspecified atom stereocenters. The van der Waals surface area contributed by atoms with Gasteiger partial charge in [0, 0.05) is 16.2 Å². The summed E-state index contributed by atoms with van der Waals surface area (Å²) in [4.78, 5) is 4.77. The van der Waals surface area contributed by atoms with Crippen LogP contribution in [0.15, 0.2) is 40.3 Å². The molecule has 0 spiro atoms. The number of aromatic nitrogens is 1. The highest BCUT2D eigenvalue weighted by Crippen LogP contribution is 2.29. The fourth-order valence-corrected chi connectivity index (χ4v) is 2.47. The summed E-state index contributed by atoms with van der Waals surface area (Å²) in [7, 11) is 0. The average Bonchev–Trinajstić information content (AvgIpc) is 2.33. The van der Waals surface area contributed by atoms with Gasteiger partial charge in [-0.15, -0.1) is 0 Å². The number of nitrogens with two attached hydrogens (primary N) is 1. The van der Waals surface area contributed by atoms with E-state index in [-0.39, 0.29) is 5.84 Å². The van der Waals surface area contributed by atoms with Gasteiger partial charge in [-0.3, -0.25) is 5.41 Å². The van der Waals surface area contributed by atoms with E-state index in [2.05, 4.69) is 4.98 Å². The van der Waals surface area contributed by atoms with E-state index in [4.69, 9.17) is 11.1 Å². The van der Waals surface area contributed by atoms with Crippen LogP contribution in [-0.2, 0) is 0 Å². The van der Waals surface area contributed by atoms with E-state index in [0.717, 1.165) is 29.6 Å². The molecule has 1 aromatic heterocycles. The monoisotopic (exact) mass is 279 g/mol. The van der Waals surface area contributed by atoms with Crippen molar-refractivity contribution in [1.82, 2.24) is 4.98 Å². The van der Waals surface area contributed by atoms with Crippen molar-refractivity contribution in [1.29, 1.82) is 5.41 Å². The molecular weight excluding hydrogens is 268 g/mol. The van der Waals surface area contributed by atoms with Crippen LogP contribution in [0, 0.1) is 24.0 Å². The summed E-state index contributed by atoms with van der Waals surface area (Å²) >= 11 is 1.14. The molecule has 0 bridgehead atoms. The van der Waals surface area contributed by atoms with Gasteiger partial charge in [-0.2, -0.15) is 0 Å². The Hall–Kier alpha value is -1.95. The number of aryl methyl sites for hydroxylation is 1. The maximum Gasteiger partial charge on any atom is 0.159 e. The van der Waals surface area contributed by atoms with Crippen molar-refractivity contribution >= 4 is 17.6 Å². The van der Waals surface area contributed by atoms with Gasteiger partial charge in [0.2, 0.25) is 0 Å². The van der Waals surface area contributed by atoms with Crippen LogP contribution in [0.3, 0.4) is 0 Å². The topological polar surface area (TPSA) is 62.8 Å². The molecule has 0 fully saturated rings. The van der Waals surface area contributed by atoms with Crippen LogP contribution in [0.5, 0.6) is 0 Å². The molecule has 0 atom stereocenters. The second-order valence-corrected chi connectivity index (χ2v) is 4.96. The normalized spacial score (nSPS) is 10.5. The van der Waals surface area contributed by atoms with Gasteiger partial charge < -0.3 is 5.73 Å². The third kappa shape index (κ3) is 3.08. The summed E-state index contributed by atoms with van der Waals surface area (Å²) in [5.41, 5.74) is 6.70. The Morgan fingerprint density at radius 3 is 2.58 bits per heavy atom. The Balaban J connectivity index is 2.39. The van der Waals surface area contributed by atoms with E-state index >= 15 is 0 Å². The lowest BCUT2D eigenvalue weighted by Crippen LogP contribution is -2.13. The van der Waals surface area contributed by atoms with Gasteiger partial charge >= 0.3 is 0 Å². The number of nitrogen functional groups attached to an aromatic ring is 1. The number of hydrogen-bond donors (Lipinski definition) is 2. The smallest absolute Gasteiger partial charge is 0.159 e. The number of benzene rings is 1. The fourth-order valence-electron chi connectivity index (χ4n) is 1.47. The predicted octanol–water partition coefficient (Wildman–Crippen LogP) is 3.10. The van der Waals surface area contributed by atoms with Gasteiger partial charge in [0.25, 0.3) is 0 Å². The minimum Gasteiger partial charge on any atom is -0.384 e. The number of halogens is 2. The maximum absolute atomic E-state index is 13.1. The maximum atomic E-state index is 13.1. The first kappa shape index (κ1) is 13.5. The SMILES string of the molecule is Cc1ccc(C(=N)N)c(Sc2ccc(F)c(F)c2)n1. The first-order valence-corrected chi connectivity index (χ1v) is 6.24. The summed E-state index contributed by atoms with van der Waals surface area (Å²) in [6, 6.07) is 7.03. The second kappa shape index (κ2) is 5.36. The van der Waals surface area contributed by atoms with E-state index in [0.29, 0.717) is 15.5 Å².